The molecule has 200 valence electrons. The quantitative estimate of drug-likeness (QED) is 0.360. The largest absolute Gasteiger partial charge is 0.493 e. The van der Waals surface area contributed by atoms with E-state index in [2.05, 4.69) is 0 Å². The first-order valence-corrected chi connectivity index (χ1v) is 12.6. The van der Waals surface area contributed by atoms with Crippen LogP contribution in [0, 0.1) is 5.41 Å². The summed E-state index contributed by atoms with van der Waals surface area (Å²) in [6.07, 6.45) is -3.39. The normalized spacial score (nSPS) is 17.6. The van der Waals surface area contributed by atoms with Crippen LogP contribution in [0.25, 0.3) is 0 Å². The fraction of sp³-hybridized carbons (Fsp3) is 0.333. The van der Waals surface area contributed by atoms with Crippen LogP contribution in [-0.4, -0.2) is 48.4 Å². The average molecular weight is 525 g/mol. The topological polar surface area (TPSA) is 49.9 Å². The van der Waals surface area contributed by atoms with Gasteiger partial charge in [0.1, 0.15) is 5.75 Å². The zero-order valence-corrected chi connectivity index (χ0v) is 21.3. The minimum Gasteiger partial charge on any atom is -0.493 e. The Kier molecular flexibility index (Phi) is 8.39. The molecule has 0 N–H and O–H groups in total. The SMILES string of the molecule is CN(Cc1ccccc1)C(=O)CC1(COc2ccccc2)CCCN(C(=O)c2ccccc2C(F)(F)F)C1. The Morgan fingerprint density at radius 2 is 1.58 bits per heavy atom. The summed E-state index contributed by atoms with van der Waals surface area (Å²) >= 11 is 0. The smallest absolute Gasteiger partial charge is 0.417 e. The van der Waals surface area contributed by atoms with Crippen molar-refractivity contribution in [2.75, 3.05) is 26.7 Å². The first-order chi connectivity index (χ1) is 18.2. The summed E-state index contributed by atoms with van der Waals surface area (Å²) in [6, 6.07) is 23.6. The maximum atomic E-state index is 13.6. The van der Waals surface area contributed by atoms with E-state index < -0.39 is 23.1 Å². The van der Waals surface area contributed by atoms with Gasteiger partial charge >= 0.3 is 6.18 Å². The molecule has 5 nitrogen and oxygen atoms in total. The highest BCUT2D eigenvalue weighted by Crippen LogP contribution is 2.37. The second kappa shape index (κ2) is 11.7. The third kappa shape index (κ3) is 6.73. The molecule has 4 rings (SSSR count). The van der Waals surface area contributed by atoms with Crippen molar-refractivity contribution in [1.82, 2.24) is 9.80 Å². The summed E-state index contributed by atoms with van der Waals surface area (Å²) in [5.41, 5.74) is -1.10. The fourth-order valence-electron chi connectivity index (χ4n) is 4.94. The molecule has 1 fully saturated rings. The lowest BCUT2D eigenvalue weighted by Crippen LogP contribution is -2.51. The lowest BCUT2D eigenvalue weighted by atomic mass is 9.77. The van der Waals surface area contributed by atoms with Crippen LogP contribution < -0.4 is 4.74 Å². The Labute approximate surface area is 220 Å². The van der Waals surface area contributed by atoms with Gasteiger partial charge in [0.25, 0.3) is 5.91 Å². The number of piperidine rings is 1. The molecule has 1 heterocycles. The molecule has 3 aromatic rings. The predicted octanol–water partition coefficient (Wildman–Crippen LogP) is 6.06. The number of hydrogen-bond acceptors (Lipinski definition) is 3. The molecule has 0 bridgehead atoms. The lowest BCUT2D eigenvalue weighted by molar-refractivity contribution is -0.138. The van der Waals surface area contributed by atoms with Crippen molar-refractivity contribution in [1.29, 1.82) is 0 Å². The van der Waals surface area contributed by atoms with Crippen LogP contribution in [0.4, 0.5) is 13.2 Å². The number of ether oxygens (including phenoxy) is 1. The van der Waals surface area contributed by atoms with Gasteiger partial charge in [0.05, 0.1) is 17.7 Å². The molecule has 38 heavy (non-hydrogen) atoms. The van der Waals surface area contributed by atoms with Crippen molar-refractivity contribution < 1.29 is 27.5 Å². The van der Waals surface area contributed by atoms with E-state index in [-0.39, 0.29) is 31.0 Å². The van der Waals surface area contributed by atoms with Gasteiger partial charge in [-0.1, -0.05) is 60.7 Å². The van der Waals surface area contributed by atoms with Crippen LogP contribution in [0.15, 0.2) is 84.9 Å². The summed E-state index contributed by atoms with van der Waals surface area (Å²) < 4.78 is 47.0. The van der Waals surface area contributed by atoms with Gasteiger partial charge in [-0.15, -0.1) is 0 Å². The Hall–Kier alpha value is -3.81. The molecule has 1 aliphatic heterocycles. The molecule has 0 aromatic heterocycles. The van der Waals surface area contributed by atoms with Crippen molar-refractivity contribution in [3.05, 3.63) is 102 Å². The van der Waals surface area contributed by atoms with Crippen molar-refractivity contribution in [2.24, 2.45) is 5.41 Å². The highest BCUT2D eigenvalue weighted by Gasteiger charge is 2.42. The lowest BCUT2D eigenvalue weighted by Gasteiger charge is -2.43. The molecule has 3 aromatic carbocycles. The third-order valence-electron chi connectivity index (χ3n) is 6.91. The summed E-state index contributed by atoms with van der Waals surface area (Å²) in [7, 11) is 1.73. The van der Waals surface area contributed by atoms with Gasteiger partial charge in [-0.05, 0) is 42.7 Å². The van der Waals surface area contributed by atoms with E-state index in [1.807, 2.05) is 60.7 Å². The van der Waals surface area contributed by atoms with E-state index >= 15 is 0 Å². The molecule has 2 amide bonds. The summed E-state index contributed by atoms with van der Waals surface area (Å²) in [6.45, 7) is 1.02. The number of carbonyl (C=O) groups is 2. The van der Waals surface area contributed by atoms with Crippen LogP contribution in [0.3, 0.4) is 0 Å². The van der Waals surface area contributed by atoms with Crippen LogP contribution in [-0.2, 0) is 17.5 Å². The van der Waals surface area contributed by atoms with Gasteiger partial charge in [0, 0.05) is 38.5 Å². The Bertz CT molecular complexity index is 1230. The van der Waals surface area contributed by atoms with Crippen molar-refractivity contribution >= 4 is 11.8 Å². The number of carbonyl (C=O) groups excluding carboxylic acids is 2. The number of nitrogens with zero attached hydrogens (tertiary/aromatic N) is 2. The Morgan fingerprint density at radius 3 is 2.26 bits per heavy atom. The van der Waals surface area contributed by atoms with Gasteiger partial charge in [-0.2, -0.15) is 13.2 Å². The zero-order chi connectivity index (χ0) is 27.2. The number of alkyl halides is 3. The number of benzene rings is 3. The monoisotopic (exact) mass is 524 g/mol. The average Bonchev–Trinajstić information content (AvgIpc) is 2.92. The van der Waals surface area contributed by atoms with Crippen LogP contribution in [0.5, 0.6) is 5.75 Å². The molecule has 8 heteroatoms. The van der Waals surface area contributed by atoms with Gasteiger partial charge in [0.2, 0.25) is 5.91 Å². The molecule has 0 radical (unpaired) electrons. The number of amides is 2. The second-order valence-corrected chi connectivity index (χ2v) is 9.89. The maximum Gasteiger partial charge on any atom is 0.417 e. The molecular formula is C30H31F3N2O3. The van der Waals surface area contributed by atoms with E-state index in [0.717, 1.165) is 11.6 Å². The van der Waals surface area contributed by atoms with Crippen LogP contribution >= 0.6 is 0 Å². The molecule has 0 saturated carbocycles. The Morgan fingerprint density at radius 1 is 0.947 bits per heavy atom. The molecule has 1 unspecified atom stereocenters. The highest BCUT2D eigenvalue weighted by molar-refractivity contribution is 5.96. The van der Waals surface area contributed by atoms with E-state index in [9.17, 15) is 22.8 Å². The van der Waals surface area contributed by atoms with Gasteiger partial charge < -0.3 is 14.5 Å². The first-order valence-electron chi connectivity index (χ1n) is 12.6. The molecule has 0 spiro atoms. The number of halogens is 3. The Balaban J connectivity index is 1.57. The second-order valence-electron chi connectivity index (χ2n) is 9.89. The predicted molar refractivity (Wildman–Crippen MR) is 138 cm³/mol. The molecule has 1 saturated heterocycles. The van der Waals surface area contributed by atoms with Crippen LogP contribution in [0.2, 0.25) is 0 Å². The van der Waals surface area contributed by atoms with Crippen molar-refractivity contribution in [3.8, 4) is 5.75 Å². The minimum absolute atomic E-state index is 0.105. The highest BCUT2D eigenvalue weighted by atomic mass is 19.4. The molecule has 1 atom stereocenters. The van der Waals surface area contributed by atoms with E-state index in [1.54, 1.807) is 11.9 Å². The molecule has 0 aliphatic carbocycles. The number of likely N-dealkylation sites (tertiary alicyclic amines) is 1. The summed E-state index contributed by atoms with van der Waals surface area (Å²) in [5, 5.41) is 0. The number of hydrogen-bond donors (Lipinski definition) is 0. The van der Waals surface area contributed by atoms with E-state index in [1.165, 1.54) is 23.1 Å². The van der Waals surface area contributed by atoms with Crippen LogP contribution in [0.1, 0.15) is 40.7 Å². The molecular weight excluding hydrogens is 493 g/mol. The summed E-state index contributed by atoms with van der Waals surface area (Å²) in [4.78, 5) is 29.8. The van der Waals surface area contributed by atoms with Gasteiger partial charge in [-0.25, -0.2) is 0 Å². The van der Waals surface area contributed by atoms with Crippen molar-refractivity contribution in [2.45, 2.75) is 32.0 Å². The molecule has 1 aliphatic rings. The zero-order valence-electron chi connectivity index (χ0n) is 21.3. The first kappa shape index (κ1) is 27.2. The fourth-order valence-corrected chi connectivity index (χ4v) is 4.94. The summed E-state index contributed by atoms with van der Waals surface area (Å²) in [5.74, 6) is -0.176. The van der Waals surface area contributed by atoms with E-state index in [0.29, 0.717) is 31.7 Å². The maximum absolute atomic E-state index is 13.6. The van der Waals surface area contributed by atoms with E-state index in [4.69, 9.17) is 4.74 Å². The third-order valence-corrected chi connectivity index (χ3v) is 6.91. The van der Waals surface area contributed by atoms with Gasteiger partial charge in [-0.3, -0.25) is 9.59 Å². The number of para-hydroxylation sites is 1. The number of rotatable bonds is 8. The van der Waals surface area contributed by atoms with Gasteiger partial charge in [0.15, 0.2) is 0 Å². The minimum atomic E-state index is -4.65. The standard InChI is InChI=1S/C30H31F3N2O3/c1-34(20-23-11-4-2-5-12-23)27(36)19-29(22-38-24-13-6-3-7-14-24)17-10-18-35(21-29)28(37)25-15-8-9-16-26(25)30(31,32)33/h2-9,11-16H,10,17-22H2,1H3. The van der Waals surface area contributed by atoms with Crippen molar-refractivity contribution in [3.63, 3.8) is 0 Å².